The molecule has 0 aromatic heterocycles. The number of rotatable bonds is 7. The summed E-state index contributed by atoms with van der Waals surface area (Å²) in [7, 11) is 1.52. The third-order valence-electron chi connectivity index (χ3n) is 4.82. The molecule has 132 valence electrons. The topological polar surface area (TPSA) is 62.8 Å². The van der Waals surface area contributed by atoms with Crippen molar-refractivity contribution in [2.75, 3.05) is 33.3 Å². The fourth-order valence-electron chi connectivity index (χ4n) is 3.42. The second kappa shape index (κ2) is 8.07. The first kappa shape index (κ1) is 17.4. The van der Waals surface area contributed by atoms with Crippen LogP contribution in [0.4, 0.5) is 0 Å². The van der Waals surface area contributed by atoms with E-state index < -0.39 is 5.79 Å². The number of amides is 1. The molecule has 2 aliphatic heterocycles. The van der Waals surface area contributed by atoms with E-state index in [1.54, 1.807) is 0 Å². The fourth-order valence-corrected chi connectivity index (χ4v) is 3.42. The van der Waals surface area contributed by atoms with Crippen molar-refractivity contribution in [2.45, 2.75) is 37.5 Å². The summed E-state index contributed by atoms with van der Waals surface area (Å²) in [5, 5.41) is 2.96. The van der Waals surface area contributed by atoms with Gasteiger partial charge in [-0.3, -0.25) is 9.63 Å². The molecule has 2 fully saturated rings. The van der Waals surface area contributed by atoms with Crippen LogP contribution in [0.15, 0.2) is 30.3 Å². The summed E-state index contributed by atoms with van der Waals surface area (Å²) in [5.74, 6) is -1.43. The van der Waals surface area contributed by atoms with Crippen LogP contribution in [0, 0.1) is 0 Å². The van der Waals surface area contributed by atoms with Crippen LogP contribution in [-0.4, -0.2) is 55.9 Å². The summed E-state index contributed by atoms with van der Waals surface area (Å²) in [6.07, 6.45) is 3.80. The van der Waals surface area contributed by atoms with Gasteiger partial charge in [-0.1, -0.05) is 30.3 Å². The van der Waals surface area contributed by atoms with Gasteiger partial charge in [0.05, 0.1) is 0 Å². The van der Waals surface area contributed by atoms with Crippen molar-refractivity contribution in [1.82, 2.24) is 15.7 Å². The zero-order chi connectivity index (χ0) is 16.8. The Morgan fingerprint density at radius 2 is 2.12 bits per heavy atom. The zero-order valence-electron chi connectivity index (χ0n) is 14.3. The van der Waals surface area contributed by atoms with E-state index in [1.165, 1.54) is 25.5 Å². The Morgan fingerprint density at radius 1 is 1.38 bits per heavy atom. The first-order chi connectivity index (χ1) is 11.7. The highest BCUT2D eigenvalue weighted by Crippen LogP contribution is 2.26. The van der Waals surface area contributed by atoms with Crippen LogP contribution in [0.1, 0.15) is 24.8 Å². The minimum atomic E-state index is -1.23. The number of hydroxylamine groups is 1. The van der Waals surface area contributed by atoms with Gasteiger partial charge in [-0.05, 0) is 37.9 Å². The summed E-state index contributed by atoms with van der Waals surface area (Å²) < 4.78 is 5.44. The molecule has 2 aliphatic rings. The summed E-state index contributed by atoms with van der Waals surface area (Å²) >= 11 is 0. The Bertz CT molecular complexity index is 534. The van der Waals surface area contributed by atoms with Crippen molar-refractivity contribution < 1.29 is 14.4 Å². The molecule has 0 bridgehead atoms. The van der Waals surface area contributed by atoms with Gasteiger partial charge >= 0.3 is 0 Å². The monoisotopic (exact) mass is 333 g/mol. The largest absolute Gasteiger partial charge is 0.350 e. The summed E-state index contributed by atoms with van der Waals surface area (Å²) in [4.78, 5) is 20.5. The molecule has 0 unspecified atom stereocenters. The van der Waals surface area contributed by atoms with E-state index in [-0.39, 0.29) is 11.9 Å². The zero-order valence-corrected chi connectivity index (χ0v) is 14.3. The van der Waals surface area contributed by atoms with E-state index in [2.05, 4.69) is 27.8 Å². The normalized spacial score (nSPS) is 27.5. The summed E-state index contributed by atoms with van der Waals surface area (Å²) in [6.45, 7) is 3.76. The van der Waals surface area contributed by atoms with Crippen LogP contribution in [0.25, 0.3) is 0 Å². The number of nitrogens with one attached hydrogen (secondary N) is 2. The van der Waals surface area contributed by atoms with E-state index in [0.29, 0.717) is 13.0 Å². The Labute approximate surface area is 143 Å². The van der Waals surface area contributed by atoms with Gasteiger partial charge in [0, 0.05) is 32.7 Å². The lowest BCUT2D eigenvalue weighted by atomic mass is 10.00. The van der Waals surface area contributed by atoms with Crippen molar-refractivity contribution in [1.29, 1.82) is 0 Å². The molecule has 2 N–H and O–H groups in total. The quantitative estimate of drug-likeness (QED) is 0.782. The molecular weight excluding hydrogens is 306 g/mol. The third-order valence-corrected chi connectivity index (χ3v) is 4.82. The van der Waals surface area contributed by atoms with Gasteiger partial charge in [0.2, 0.25) is 0 Å². The second-order valence-electron chi connectivity index (χ2n) is 6.57. The van der Waals surface area contributed by atoms with Crippen LogP contribution in [0.2, 0.25) is 0 Å². The highest BCUT2D eigenvalue weighted by Gasteiger charge is 2.47. The molecule has 3 rings (SSSR count). The van der Waals surface area contributed by atoms with Crippen molar-refractivity contribution in [3.8, 4) is 0 Å². The molecule has 0 aliphatic carbocycles. The molecule has 2 heterocycles. The molecule has 1 amide bonds. The van der Waals surface area contributed by atoms with Crippen LogP contribution in [0.5, 0.6) is 0 Å². The first-order valence-corrected chi connectivity index (χ1v) is 8.75. The smallest absolute Gasteiger partial charge is 0.282 e. The molecule has 6 heteroatoms. The van der Waals surface area contributed by atoms with Gasteiger partial charge in [-0.2, -0.15) is 5.48 Å². The van der Waals surface area contributed by atoms with Gasteiger partial charge in [0.25, 0.3) is 11.7 Å². The van der Waals surface area contributed by atoms with Crippen LogP contribution in [-0.2, 0) is 20.8 Å². The predicted molar refractivity (Wildman–Crippen MR) is 91.2 cm³/mol. The highest BCUT2D eigenvalue weighted by molar-refractivity contribution is 5.84. The van der Waals surface area contributed by atoms with Gasteiger partial charge in [-0.15, -0.1) is 0 Å². The lowest BCUT2D eigenvalue weighted by Gasteiger charge is -2.24. The number of methoxy groups -OCH3 is 1. The Balaban J connectivity index is 1.49. The van der Waals surface area contributed by atoms with Crippen molar-refractivity contribution >= 4 is 5.91 Å². The van der Waals surface area contributed by atoms with Gasteiger partial charge in [0.15, 0.2) is 0 Å². The average Bonchev–Trinajstić information content (AvgIpc) is 3.26. The van der Waals surface area contributed by atoms with Crippen LogP contribution >= 0.6 is 0 Å². The molecule has 0 spiro atoms. The lowest BCUT2D eigenvalue weighted by molar-refractivity contribution is -0.218. The van der Waals surface area contributed by atoms with Gasteiger partial charge < -0.3 is 15.0 Å². The SMILES string of the molecule is CO[C@]1(C(=O)NCCN2CCCC2)C[C@H](Cc2ccccc2)NO1. The number of hydrogen-bond donors (Lipinski definition) is 2. The molecule has 1 aromatic carbocycles. The molecule has 6 nitrogen and oxygen atoms in total. The standard InChI is InChI=1S/C18H27N3O3/c1-23-18(17(22)19-9-12-21-10-5-6-11-21)14-16(20-24-18)13-15-7-3-2-4-8-15/h2-4,7-8,16,20H,5-6,9-14H2,1H3,(H,19,22)/t16-,18+/m0/s1. The molecule has 24 heavy (non-hydrogen) atoms. The maximum absolute atomic E-state index is 12.6. The van der Waals surface area contributed by atoms with E-state index in [9.17, 15) is 4.79 Å². The van der Waals surface area contributed by atoms with E-state index >= 15 is 0 Å². The van der Waals surface area contributed by atoms with Gasteiger partial charge in [0.1, 0.15) is 0 Å². The number of nitrogens with zero attached hydrogens (tertiary/aromatic N) is 1. The van der Waals surface area contributed by atoms with E-state index in [0.717, 1.165) is 26.1 Å². The Morgan fingerprint density at radius 3 is 2.83 bits per heavy atom. The maximum atomic E-state index is 12.6. The summed E-state index contributed by atoms with van der Waals surface area (Å²) in [5.41, 5.74) is 4.17. The Hall–Kier alpha value is -1.47. The first-order valence-electron chi connectivity index (χ1n) is 8.75. The minimum Gasteiger partial charge on any atom is -0.350 e. The van der Waals surface area contributed by atoms with E-state index in [4.69, 9.17) is 9.57 Å². The molecule has 0 saturated carbocycles. The minimum absolute atomic E-state index is 0.0525. The van der Waals surface area contributed by atoms with Gasteiger partial charge in [-0.25, -0.2) is 0 Å². The Kier molecular flexibility index (Phi) is 5.84. The number of hydrogen-bond acceptors (Lipinski definition) is 5. The van der Waals surface area contributed by atoms with Crippen molar-refractivity contribution in [3.63, 3.8) is 0 Å². The number of likely N-dealkylation sites (tertiary alicyclic amines) is 1. The lowest BCUT2D eigenvalue weighted by Crippen LogP contribution is -2.50. The van der Waals surface area contributed by atoms with Crippen LogP contribution in [0.3, 0.4) is 0 Å². The average molecular weight is 333 g/mol. The third kappa shape index (κ3) is 4.13. The van der Waals surface area contributed by atoms with Crippen molar-refractivity contribution in [2.24, 2.45) is 0 Å². The predicted octanol–water partition coefficient (Wildman–Crippen LogP) is 1.08. The fraction of sp³-hybridized carbons (Fsp3) is 0.611. The van der Waals surface area contributed by atoms with Crippen molar-refractivity contribution in [3.05, 3.63) is 35.9 Å². The summed E-state index contributed by atoms with van der Waals surface area (Å²) in [6, 6.07) is 10.2. The molecule has 0 radical (unpaired) electrons. The number of carbonyl (C=O) groups excluding carboxylic acids is 1. The van der Waals surface area contributed by atoms with Crippen LogP contribution < -0.4 is 10.8 Å². The molecule has 2 saturated heterocycles. The highest BCUT2D eigenvalue weighted by atomic mass is 16.8. The second-order valence-corrected chi connectivity index (χ2v) is 6.57. The number of carbonyl (C=O) groups is 1. The molecule has 1 aromatic rings. The number of ether oxygens (including phenoxy) is 1. The molecular formula is C18H27N3O3. The number of benzene rings is 1. The maximum Gasteiger partial charge on any atom is 0.282 e. The molecule has 2 atom stereocenters. The van der Waals surface area contributed by atoms with E-state index in [1.807, 2.05) is 18.2 Å².